The molecule has 0 aliphatic heterocycles. The maximum atomic E-state index is 13.1. The van der Waals surface area contributed by atoms with Gasteiger partial charge in [-0.2, -0.15) is 5.10 Å². The Balaban J connectivity index is 1.86. The number of methoxy groups -OCH3 is 1. The molecule has 0 saturated carbocycles. The lowest BCUT2D eigenvalue weighted by atomic mass is 10.1. The van der Waals surface area contributed by atoms with Gasteiger partial charge in [-0.15, -0.1) is 0 Å². The molecule has 6 nitrogen and oxygen atoms in total. The molecule has 28 heavy (non-hydrogen) atoms. The second-order valence-electron chi connectivity index (χ2n) is 6.31. The molecule has 0 aliphatic rings. The van der Waals surface area contributed by atoms with Crippen LogP contribution in [0.15, 0.2) is 48.5 Å². The molecule has 0 spiro atoms. The number of rotatable bonds is 5. The molecule has 3 rings (SSSR count). The van der Waals surface area contributed by atoms with Crippen LogP contribution in [-0.4, -0.2) is 28.8 Å². The molecular weight excluding hydrogens is 361 g/mol. The van der Waals surface area contributed by atoms with Crippen LogP contribution in [0.1, 0.15) is 37.7 Å². The largest absolute Gasteiger partial charge is 0.465 e. The maximum absolute atomic E-state index is 13.1. The number of hydrogen-bond acceptors (Lipinski definition) is 4. The van der Waals surface area contributed by atoms with Crippen LogP contribution in [0.4, 0.5) is 10.1 Å². The van der Waals surface area contributed by atoms with Crippen molar-refractivity contribution in [2.24, 2.45) is 0 Å². The van der Waals surface area contributed by atoms with Gasteiger partial charge in [0.2, 0.25) is 0 Å². The van der Waals surface area contributed by atoms with E-state index >= 15 is 0 Å². The summed E-state index contributed by atoms with van der Waals surface area (Å²) in [5.74, 6) is -1.16. The van der Waals surface area contributed by atoms with Gasteiger partial charge in [0.1, 0.15) is 5.82 Å². The summed E-state index contributed by atoms with van der Waals surface area (Å²) in [6, 6.07) is 12.5. The first-order valence-corrected chi connectivity index (χ1v) is 8.68. The van der Waals surface area contributed by atoms with E-state index in [1.807, 2.05) is 19.1 Å². The highest BCUT2D eigenvalue weighted by molar-refractivity contribution is 6.04. The van der Waals surface area contributed by atoms with Gasteiger partial charge < -0.3 is 10.1 Å². The molecule has 0 fully saturated rings. The fraction of sp³-hybridized carbons (Fsp3) is 0.190. The number of amides is 1. The van der Waals surface area contributed by atoms with Gasteiger partial charge in [-0.25, -0.2) is 9.18 Å². The van der Waals surface area contributed by atoms with E-state index in [0.29, 0.717) is 29.1 Å². The number of nitrogens with one attached hydrogen (secondary N) is 1. The monoisotopic (exact) mass is 381 g/mol. The maximum Gasteiger partial charge on any atom is 0.338 e. The Bertz CT molecular complexity index is 1030. The van der Waals surface area contributed by atoms with Crippen LogP contribution < -0.4 is 5.32 Å². The first kappa shape index (κ1) is 19.3. The molecule has 0 radical (unpaired) electrons. The minimum Gasteiger partial charge on any atom is -0.465 e. The minimum atomic E-state index is -0.415. The number of carbonyl (C=O) groups is 2. The number of anilines is 1. The highest BCUT2D eigenvalue weighted by Gasteiger charge is 2.17. The molecule has 144 valence electrons. The number of benzene rings is 2. The summed E-state index contributed by atoms with van der Waals surface area (Å²) in [5.41, 5.74) is 3.55. The van der Waals surface area contributed by atoms with Crippen molar-refractivity contribution >= 4 is 17.6 Å². The van der Waals surface area contributed by atoms with Crippen LogP contribution in [-0.2, 0) is 11.3 Å². The van der Waals surface area contributed by atoms with Crippen molar-refractivity contribution in [3.05, 3.63) is 82.4 Å². The lowest BCUT2D eigenvalue weighted by Gasteiger charge is -2.10. The van der Waals surface area contributed by atoms with Gasteiger partial charge in [-0.05, 0) is 49.7 Å². The van der Waals surface area contributed by atoms with Crippen LogP contribution in [0.2, 0.25) is 0 Å². The molecule has 0 atom stereocenters. The number of aryl methyl sites for hydroxylation is 1. The summed E-state index contributed by atoms with van der Waals surface area (Å²) in [5, 5.41) is 7.32. The molecule has 3 aromatic rings. The Kier molecular flexibility index (Phi) is 5.54. The Morgan fingerprint density at radius 3 is 2.46 bits per heavy atom. The van der Waals surface area contributed by atoms with E-state index < -0.39 is 11.8 Å². The summed E-state index contributed by atoms with van der Waals surface area (Å²) in [6.07, 6.45) is 0. The molecule has 1 amide bonds. The Morgan fingerprint density at radius 1 is 1.11 bits per heavy atom. The lowest BCUT2D eigenvalue weighted by Crippen LogP contribution is -2.14. The summed E-state index contributed by atoms with van der Waals surface area (Å²) in [6.45, 7) is 3.97. The van der Waals surface area contributed by atoms with E-state index in [4.69, 9.17) is 4.74 Å². The van der Waals surface area contributed by atoms with Crippen LogP contribution in [0.5, 0.6) is 0 Å². The van der Waals surface area contributed by atoms with E-state index in [1.165, 1.54) is 31.4 Å². The third-order valence-corrected chi connectivity index (χ3v) is 4.47. The molecule has 2 aromatic carbocycles. The fourth-order valence-electron chi connectivity index (χ4n) is 2.95. The molecule has 1 heterocycles. The Morgan fingerprint density at radius 2 is 1.79 bits per heavy atom. The van der Waals surface area contributed by atoms with Crippen LogP contribution in [0.3, 0.4) is 0 Å². The standard InChI is InChI=1S/C21H20FN3O3/c1-13-19(23-20(26)15-8-10-17(22)11-9-15)14(2)25(24-13)12-16-6-4-5-7-18(16)21(27)28-3/h4-11H,12H2,1-3H3,(H,23,26). The summed E-state index contributed by atoms with van der Waals surface area (Å²) in [7, 11) is 1.34. The van der Waals surface area contributed by atoms with E-state index in [2.05, 4.69) is 10.4 Å². The quantitative estimate of drug-likeness (QED) is 0.684. The topological polar surface area (TPSA) is 73.2 Å². The minimum absolute atomic E-state index is 0.347. The normalized spacial score (nSPS) is 10.6. The van der Waals surface area contributed by atoms with Gasteiger partial charge in [0.05, 0.1) is 36.3 Å². The van der Waals surface area contributed by atoms with Gasteiger partial charge in [0, 0.05) is 5.56 Å². The van der Waals surface area contributed by atoms with E-state index in [1.54, 1.807) is 23.7 Å². The Hall–Kier alpha value is -3.48. The smallest absolute Gasteiger partial charge is 0.338 e. The van der Waals surface area contributed by atoms with Crippen molar-refractivity contribution in [3.63, 3.8) is 0 Å². The first-order chi connectivity index (χ1) is 13.4. The third kappa shape index (κ3) is 3.93. The number of nitrogens with zero attached hydrogens (tertiary/aromatic N) is 2. The molecule has 0 aliphatic carbocycles. The van der Waals surface area contributed by atoms with E-state index in [-0.39, 0.29) is 5.91 Å². The van der Waals surface area contributed by atoms with Gasteiger partial charge in [0.25, 0.3) is 5.91 Å². The summed E-state index contributed by atoms with van der Waals surface area (Å²) >= 11 is 0. The molecule has 0 bridgehead atoms. The predicted octanol–water partition coefficient (Wildman–Crippen LogP) is 3.73. The van der Waals surface area contributed by atoms with Gasteiger partial charge in [-0.1, -0.05) is 18.2 Å². The zero-order valence-corrected chi connectivity index (χ0v) is 15.8. The second kappa shape index (κ2) is 8.04. The van der Waals surface area contributed by atoms with Crippen molar-refractivity contribution < 1.29 is 18.7 Å². The number of esters is 1. The number of carbonyl (C=O) groups excluding carboxylic acids is 2. The Labute approximate surface area is 161 Å². The number of halogens is 1. The highest BCUT2D eigenvalue weighted by atomic mass is 19.1. The summed E-state index contributed by atoms with van der Waals surface area (Å²) < 4.78 is 19.6. The average Bonchev–Trinajstić information content (AvgIpc) is 2.95. The zero-order valence-electron chi connectivity index (χ0n) is 15.8. The number of aromatic nitrogens is 2. The number of ether oxygens (including phenoxy) is 1. The molecule has 7 heteroatoms. The molecule has 0 unspecified atom stereocenters. The van der Waals surface area contributed by atoms with Crippen LogP contribution in [0.25, 0.3) is 0 Å². The molecule has 1 N–H and O–H groups in total. The first-order valence-electron chi connectivity index (χ1n) is 8.68. The van der Waals surface area contributed by atoms with Crippen LogP contribution >= 0.6 is 0 Å². The average molecular weight is 381 g/mol. The zero-order chi connectivity index (χ0) is 20.3. The van der Waals surface area contributed by atoms with Crippen molar-refractivity contribution in [1.82, 2.24) is 9.78 Å². The third-order valence-electron chi connectivity index (χ3n) is 4.47. The SMILES string of the molecule is COC(=O)c1ccccc1Cn1nc(C)c(NC(=O)c2ccc(F)cc2)c1C. The van der Waals surface area contributed by atoms with Gasteiger partial charge >= 0.3 is 5.97 Å². The highest BCUT2D eigenvalue weighted by Crippen LogP contribution is 2.22. The van der Waals surface area contributed by atoms with Crippen LogP contribution in [0, 0.1) is 19.7 Å². The van der Waals surface area contributed by atoms with Crippen molar-refractivity contribution in [1.29, 1.82) is 0 Å². The molecule has 1 aromatic heterocycles. The fourth-order valence-corrected chi connectivity index (χ4v) is 2.95. The van der Waals surface area contributed by atoms with E-state index in [9.17, 15) is 14.0 Å². The number of hydrogen-bond donors (Lipinski definition) is 1. The summed E-state index contributed by atoms with van der Waals surface area (Å²) in [4.78, 5) is 24.4. The van der Waals surface area contributed by atoms with Gasteiger partial charge in [-0.3, -0.25) is 9.48 Å². The molecule has 0 saturated heterocycles. The van der Waals surface area contributed by atoms with Crippen molar-refractivity contribution in [2.75, 3.05) is 12.4 Å². The van der Waals surface area contributed by atoms with E-state index in [0.717, 1.165) is 11.3 Å². The second-order valence-corrected chi connectivity index (χ2v) is 6.31. The molecular formula is C21H20FN3O3. The van der Waals surface area contributed by atoms with Gasteiger partial charge in [0.15, 0.2) is 0 Å². The van der Waals surface area contributed by atoms with Crippen molar-refractivity contribution in [3.8, 4) is 0 Å². The predicted molar refractivity (Wildman–Crippen MR) is 103 cm³/mol. The lowest BCUT2D eigenvalue weighted by molar-refractivity contribution is 0.0599. The van der Waals surface area contributed by atoms with Crippen molar-refractivity contribution in [2.45, 2.75) is 20.4 Å².